The van der Waals surface area contributed by atoms with Gasteiger partial charge in [0.05, 0.1) is 6.54 Å². The summed E-state index contributed by atoms with van der Waals surface area (Å²) in [5, 5.41) is 0. The fourth-order valence-corrected chi connectivity index (χ4v) is 4.28. The van der Waals surface area contributed by atoms with Crippen LogP contribution in [0.2, 0.25) is 0 Å². The minimum atomic E-state index is -0.198. The molecule has 1 aromatic carbocycles. The fourth-order valence-electron chi connectivity index (χ4n) is 4.28. The number of hydrogen-bond acceptors (Lipinski definition) is 4. The van der Waals surface area contributed by atoms with E-state index in [4.69, 9.17) is 0 Å². The molecule has 2 aliphatic rings. The van der Waals surface area contributed by atoms with Crippen molar-refractivity contribution in [2.45, 2.75) is 69.9 Å². The molecule has 6 nitrogen and oxygen atoms in total. The number of carbonyl (C=O) groups is 2. The van der Waals surface area contributed by atoms with Gasteiger partial charge in [0, 0.05) is 38.6 Å². The summed E-state index contributed by atoms with van der Waals surface area (Å²) in [7, 11) is 1.83. The Bertz CT molecular complexity index is 714. The van der Waals surface area contributed by atoms with Crippen LogP contribution in [-0.4, -0.2) is 54.3 Å². The summed E-state index contributed by atoms with van der Waals surface area (Å²) in [5.41, 5.74) is 7.57. The van der Waals surface area contributed by atoms with Crippen LogP contribution < -0.4 is 10.9 Å². The van der Waals surface area contributed by atoms with Gasteiger partial charge in [-0.1, -0.05) is 31.4 Å². The SMILES string of the molecule is CN(CCCCCC1CC(c2cccc(F)c2)NN1)C(=O)CN1CCCCCC1=O. The van der Waals surface area contributed by atoms with Gasteiger partial charge in [0.1, 0.15) is 5.82 Å². The Morgan fingerprint density at radius 3 is 2.90 bits per heavy atom. The second-order valence-electron chi connectivity index (χ2n) is 8.62. The largest absolute Gasteiger partial charge is 0.344 e. The summed E-state index contributed by atoms with van der Waals surface area (Å²) in [4.78, 5) is 28.0. The van der Waals surface area contributed by atoms with Gasteiger partial charge in [0.25, 0.3) is 0 Å². The number of amides is 2. The highest BCUT2D eigenvalue weighted by atomic mass is 19.1. The Hall–Kier alpha value is -1.99. The van der Waals surface area contributed by atoms with Gasteiger partial charge in [0.15, 0.2) is 0 Å². The van der Waals surface area contributed by atoms with E-state index in [-0.39, 0.29) is 30.2 Å². The van der Waals surface area contributed by atoms with E-state index in [9.17, 15) is 14.0 Å². The predicted molar refractivity (Wildman–Crippen MR) is 115 cm³/mol. The van der Waals surface area contributed by atoms with Crippen LogP contribution >= 0.6 is 0 Å². The highest BCUT2D eigenvalue weighted by molar-refractivity contribution is 5.84. The number of nitrogens with zero attached hydrogens (tertiary/aromatic N) is 2. The molecule has 166 valence electrons. The minimum absolute atomic E-state index is 0.0323. The molecule has 0 aromatic heterocycles. The number of hydrazine groups is 1. The normalized spacial score (nSPS) is 22.2. The third-order valence-corrected chi connectivity index (χ3v) is 6.20. The van der Waals surface area contributed by atoms with Crippen molar-refractivity contribution < 1.29 is 14.0 Å². The van der Waals surface area contributed by atoms with E-state index in [0.717, 1.165) is 63.5 Å². The molecule has 30 heavy (non-hydrogen) atoms. The molecule has 2 atom stereocenters. The van der Waals surface area contributed by atoms with E-state index in [2.05, 4.69) is 10.9 Å². The maximum atomic E-state index is 13.4. The van der Waals surface area contributed by atoms with Crippen molar-refractivity contribution >= 4 is 11.8 Å². The first kappa shape index (κ1) is 22.7. The molecule has 7 heteroatoms. The van der Waals surface area contributed by atoms with Crippen LogP contribution in [0.15, 0.2) is 24.3 Å². The first-order chi connectivity index (χ1) is 14.5. The molecular weight excluding hydrogens is 383 g/mol. The molecule has 1 aromatic rings. The Balaban J connectivity index is 1.28. The van der Waals surface area contributed by atoms with E-state index in [0.29, 0.717) is 19.0 Å². The standard InChI is InChI=1S/C23H35FN4O2/c1-27(23(30)17-28-14-7-3-5-12-22(28)29)13-6-2-4-11-20-16-21(26-25-20)18-9-8-10-19(24)15-18/h8-10,15,20-21,25-26H,2-7,11-14,16-17H2,1H3. The van der Waals surface area contributed by atoms with Gasteiger partial charge in [-0.15, -0.1) is 0 Å². The summed E-state index contributed by atoms with van der Waals surface area (Å²) in [6, 6.07) is 7.30. The Kier molecular flexibility index (Phi) is 8.63. The third kappa shape index (κ3) is 6.77. The molecule has 0 bridgehead atoms. The van der Waals surface area contributed by atoms with Crippen molar-refractivity contribution in [1.29, 1.82) is 0 Å². The number of benzene rings is 1. The van der Waals surface area contributed by atoms with Gasteiger partial charge in [-0.2, -0.15) is 0 Å². The van der Waals surface area contributed by atoms with Gasteiger partial charge < -0.3 is 9.80 Å². The van der Waals surface area contributed by atoms with Crippen LogP contribution in [0.1, 0.15) is 69.4 Å². The molecule has 2 unspecified atom stereocenters. The molecule has 2 heterocycles. The lowest BCUT2D eigenvalue weighted by atomic mass is 9.99. The van der Waals surface area contributed by atoms with E-state index in [1.807, 2.05) is 13.1 Å². The summed E-state index contributed by atoms with van der Waals surface area (Å²) in [5.74, 6) is -0.0510. The lowest BCUT2D eigenvalue weighted by Gasteiger charge is -2.24. The van der Waals surface area contributed by atoms with Crippen molar-refractivity contribution in [3.8, 4) is 0 Å². The number of hydrogen-bond donors (Lipinski definition) is 2. The smallest absolute Gasteiger partial charge is 0.241 e. The average molecular weight is 419 g/mol. The fraction of sp³-hybridized carbons (Fsp3) is 0.652. The van der Waals surface area contributed by atoms with E-state index in [1.165, 1.54) is 6.07 Å². The number of nitrogens with one attached hydrogen (secondary N) is 2. The Labute approximate surface area is 179 Å². The molecule has 0 aliphatic carbocycles. The molecule has 0 radical (unpaired) electrons. The lowest BCUT2D eigenvalue weighted by Crippen LogP contribution is -2.41. The Morgan fingerprint density at radius 2 is 2.07 bits per heavy atom. The zero-order chi connectivity index (χ0) is 21.3. The summed E-state index contributed by atoms with van der Waals surface area (Å²) in [6.07, 6.45) is 8.68. The number of likely N-dealkylation sites (tertiary alicyclic amines) is 1. The topological polar surface area (TPSA) is 64.7 Å². The first-order valence-electron chi connectivity index (χ1n) is 11.3. The van der Waals surface area contributed by atoms with Crippen LogP contribution in [0, 0.1) is 5.82 Å². The van der Waals surface area contributed by atoms with Crippen molar-refractivity contribution in [2.75, 3.05) is 26.7 Å². The Morgan fingerprint density at radius 1 is 1.20 bits per heavy atom. The predicted octanol–water partition coefficient (Wildman–Crippen LogP) is 3.15. The molecule has 2 amide bonds. The number of unbranched alkanes of at least 4 members (excludes halogenated alkanes) is 2. The van der Waals surface area contributed by atoms with Gasteiger partial charge in [0.2, 0.25) is 11.8 Å². The second-order valence-corrected chi connectivity index (χ2v) is 8.62. The van der Waals surface area contributed by atoms with Crippen LogP contribution in [0.25, 0.3) is 0 Å². The van der Waals surface area contributed by atoms with E-state index >= 15 is 0 Å². The lowest BCUT2D eigenvalue weighted by molar-refractivity contribution is -0.139. The minimum Gasteiger partial charge on any atom is -0.344 e. The summed E-state index contributed by atoms with van der Waals surface area (Å²) in [6.45, 7) is 1.65. The maximum Gasteiger partial charge on any atom is 0.241 e. The van der Waals surface area contributed by atoms with Gasteiger partial charge in [-0.25, -0.2) is 4.39 Å². The van der Waals surface area contributed by atoms with Crippen LogP contribution in [0.3, 0.4) is 0 Å². The highest BCUT2D eigenvalue weighted by Crippen LogP contribution is 2.25. The number of halogens is 1. The zero-order valence-electron chi connectivity index (χ0n) is 18.0. The molecule has 0 spiro atoms. The highest BCUT2D eigenvalue weighted by Gasteiger charge is 2.25. The molecule has 0 saturated carbocycles. The zero-order valence-corrected chi connectivity index (χ0v) is 18.0. The quantitative estimate of drug-likeness (QED) is 0.605. The van der Waals surface area contributed by atoms with Crippen molar-refractivity contribution in [3.63, 3.8) is 0 Å². The van der Waals surface area contributed by atoms with Crippen molar-refractivity contribution in [1.82, 2.24) is 20.7 Å². The monoisotopic (exact) mass is 418 g/mol. The maximum absolute atomic E-state index is 13.4. The van der Waals surface area contributed by atoms with E-state index < -0.39 is 0 Å². The molecule has 2 saturated heterocycles. The van der Waals surface area contributed by atoms with Crippen LogP contribution in [0.4, 0.5) is 4.39 Å². The third-order valence-electron chi connectivity index (χ3n) is 6.20. The number of carbonyl (C=O) groups excluding carboxylic acids is 2. The number of likely N-dealkylation sites (N-methyl/N-ethyl adjacent to an activating group) is 1. The van der Waals surface area contributed by atoms with Crippen molar-refractivity contribution in [2.24, 2.45) is 0 Å². The van der Waals surface area contributed by atoms with E-state index in [1.54, 1.807) is 21.9 Å². The molecule has 2 fully saturated rings. The second kappa shape index (κ2) is 11.4. The number of rotatable bonds is 9. The van der Waals surface area contributed by atoms with Gasteiger partial charge in [-0.05, 0) is 49.8 Å². The molecule has 3 rings (SSSR count). The van der Waals surface area contributed by atoms with Crippen LogP contribution in [-0.2, 0) is 9.59 Å². The summed E-state index contributed by atoms with van der Waals surface area (Å²) < 4.78 is 13.4. The van der Waals surface area contributed by atoms with Crippen molar-refractivity contribution in [3.05, 3.63) is 35.6 Å². The summed E-state index contributed by atoms with van der Waals surface area (Å²) >= 11 is 0. The molecule has 2 N–H and O–H groups in total. The average Bonchev–Trinajstić information content (AvgIpc) is 3.11. The molecular formula is C23H35FN4O2. The van der Waals surface area contributed by atoms with Gasteiger partial charge >= 0.3 is 0 Å². The van der Waals surface area contributed by atoms with Crippen LogP contribution in [0.5, 0.6) is 0 Å². The van der Waals surface area contributed by atoms with Gasteiger partial charge in [-0.3, -0.25) is 20.4 Å². The molecule has 2 aliphatic heterocycles. The first-order valence-corrected chi connectivity index (χ1v) is 11.3.